The fourth-order valence-corrected chi connectivity index (χ4v) is 3.79. The Kier molecular flexibility index (Phi) is 5.38. The van der Waals surface area contributed by atoms with Gasteiger partial charge in [0.25, 0.3) is 15.7 Å². The van der Waals surface area contributed by atoms with Crippen LogP contribution < -0.4 is 4.31 Å². The van der Waals surface area contributed by atoms with E-state index in [2.05, 4.69) is 4.74 Å². The SMILES string of the molecule is CCN(c1cccc(C(=O)OC)c1)S(=O)(=O)c1cccc([N+](=O)[O-])c1. The molecule has 2 aromatic rings. The predicted octanol–water partition coefficient (Wildman–Crippen LogP) is 2.60. The molecule has 8 nitrogen and oxygen atoms in total. The van der Waals surface area contributed by atoms with Crippen LogP contribution in [-0.4, -0.2) is 33.0 Å². The molecule has 132 valence electrons. The second kappa shape index (κ2) is 7.31. The van der Waals surface area contributed by atoms with Crippen molar-refractivity contribution in [3.8, 4) is 0 Å². The van der Waals surface area contributed by atoms with Crippen molar-refractivity contribution >= 4 is 27.4 Å². The summed E-state index contributed by atoms with van der Waals surface area (Å²) in [5.41, 5.74) is 0.144. The van der Waals surface area contributed by atoms with E-state index in [4.69, 9.17) is 0 Å². The van der Waals surface area contributed by atoms with Crippen LogP contribution in [0.5, 0.6) is 0 Å². The van der Waals surface area contributed by atoms with Gasteiger partial charge in [0.05, 0.1) is 28.2 Å². The van der Waals surface area contributed by atoms with Gasteiger partial charge in [-0.25, -0.2) is 13.2 Å². The average molecular weight is 364 g/mol. The molecule has 0 aliphatic rings. The predicted molar refractivity (Wildman–Crippen MR) is 91.1 cm³/mol. The Morgan fingerprint density at radius 2 is 1.88 bits per heavy atom. The summed E-state index contributed by atoms with van der Waals surface area (Å²) in [7, 11) is -2.80. The first-order valence-corrected chi connectivity index (χ1v) is 8.71. The maximum atomic E-state index is 12.9. The maximum absolute atomic E-state index is 12.9. The number of nitro groups is 1. The highest BCUT2D eigenvalue weighted by Gasteiger charge is 2.26. The third-order valence-electron chi connectivity index (χ3n) is 3.46. The zero-order valence-electron chi connectivity index (χ0n) is 13.6. The molecule has 0 saturated carbocycles. The molecule has 0 radical (unpaired) electrons. The van der Waals surface area contributed by atoms with Gasteiger partial charge in [-0.15, -0.1) is 0 Å². The number of hydrogen-bond acceptors (Lipinski definition) is 6. The van der Waals surface area contributed by atoms with Crippen LogP contribution in [-0.2, 0) is 14.8 Å². The zero-order valence-corrected chi connectivity index (χ0v) is 14.4. The van der Waals surface area contributed by atoms with E-state index in [1.165, 1.54) is 49.6 Å². The molecule has 2 aromatic carbocycles. The van der Waals surface area contributed by atoms with Crippen molar-refractivity contribution in [2.75, 3.05) is 18.0 Å². The Hall–Kier alpha value is -2.94. The van der Waals surface area contributed by atoms with Gasteiger partial charge in [0.1, 0.15) is 0 Å². The van der Waals surface area contributed by atoms with Gasteiger partial charge >= 0.3 is 5.97 Å². The number of nitro benzene ring substituents is 1. The van der Waals surface area contributed by atoms with E-state index < -0.39 is 20.9 Å². The van der Waals surface area contributed by atoms with Crippen molar-refractivity contribution in [2.24, 2.45) is 0 Å². The lowest BCUT2D eigenvalue weighted by Gasteiger charge is -2.23. The van der Waals surface area contributed by atoms with E-state index in [1.807, 2.05) is 0 Å². The molecule has 0 amide bonds. The van der Waals surface area contributed by atoms with Crippen LogP contribution in [0.3, 0.4) is 0 Å². The molecule has 0 spiro atoms. The average Bonchev–Trinajstić information content (AvgIpc) is 2.61. The molecule has 2 rings (SSSR count). The van der Waals surface area contributed by atoms with Crippen LogP contribution in [0.1, 0.15) is 17.3 Å². The largest absolute Gasteiger partial charge is 0.465 e. The van der Waals surface area contributed by atoms with Gasteiger partial charge < -0.3 is 4.74 Å². The Morgan fingerprint density at radius 3 is 2.48 bits per heavy atom. The Morgan fingerprint density at radius 1 is 1.20 bits per heavy atom. The van der Waals surface area contributed by atoms with Gasteiger partial charge in [0, 0.05) is 18.7 Å². The number of carbonyl (C=O) groups is 1. The molecule has 9 heteroatoms. The number of hydrogen-bond donors (Lipinski definition) is 0. The van der Waals surface area contributed by atoms with Crippen LogP contribution in [0.25, 0.3) is 0 Å². The lowest BCUT2D eigenvalue weighted by Crippen LogP contribution is -2.31. The van der Waals surface area contributed by atoms with E-state index >= 15 is 0 Å². The Balaban J connectivity index is 2.51. The number of esters is 1. The summed E-state index contributed by atoms with van der Waals surface area (Å²) in [6, 6.07) is 10.8. The fourth-order valence-electron chi connectivity index (χ4n) is 2.28. The lowest BCUT2D eigenvalue weighted by molar-refractivity contribution is -0.385. The van der Waals surface area contributed by atoms with E-state index in [0.29, 0.717) is 0 Å². The van der Waals surface area contributed by atoms with Crippen LogP contribution >= 0.6 is 0 Å². The summed E-state index contributed by atoms with van der Waals surface area (Å²) in [4.78, 5) is 21.7. The van der Waals surface area contributed by atoms with Crippen LogP contribution in [0.15, 0.2) is 53.4 Å². The molecule has 0 aliphatic carbocycles. The van der Waals surface area contributed by atoms with Gasteiger partial charge in [0.15, 0.2) is 0 Å². The third-order valence-corrected chi connectivity index (χ3v) is 5.36. The molecule has 0 bridgehead atoms. The summed E-state index contributed by atoms with van der Waals surface area (Å²) in [6.45, 7) is 1.70. The fraction of sp³-hybridized carbons (Fsp3) is 0.188. The number of rotatable bonds is 6. The number of ether oxygens (including phenoxy) is 1. The number of methoxy groups -OCH3 is 1. The maximum Gasteiger partial charge on any atom is 0.337 e. The first-order valence-electron chi connectivity index (χ1n) is 7.26. The molecule has 0 fully saturated rings. The first kappa shape index (κ1) is 18.4. The van der Waals surface area contributed by atoms with Gasteiger partial charge in [0.2, 0.25) is 0 Å². The molecule has 0 saturated heterocycles. The van der Waals surface area contributed by atoms with Crippen molar-refractivity contribution < 1.29 is 22.9 Å². The van der Waals surface area contributed by atoms with Crippen LogP contribution in [0.4, 0.5) is 11.4 Å². The standard InChI is InChI=1S/C16H16N2O6S/c1-3-17(13-7-4-6-12(10-13)16(19)24-2)25(22,23)15-9-5-8-14(11-15)18(20)21/h4-11H,3H2,1-2H3. The van der Waals surface area contributed by atoms with Gasteiger partial charge in [-0.05, 0) is 31.2 Å². The van der Waals surface area contributed by atoms with Gasteiger partial charge in [-0.3, -0.25) is 14.4 Å². The minimum atomic E-state index is -4.03. The molecular weight excluding hydrogens is 348 g/mol. The van der Waals surface area contributed by atoms with Gasteiger partial charge in [-0.1, -0.05) is 12.1 Å². The second-order valence-corrected chi connectivity index (χ2v) is 6.83. The monoisotopic (exact) mass is 364 g/mol. The number of sulfonamides is 1. The Bertz CT molecular complexity index is 910. The summed E-state index contributed by atoms with van der Waals surface area (Å²) in [5, 5.41) is 10.9. The van der Waals surface area contributed by atoms with Crippen LogP contribution in [0.2, 0.25) is 0 Å². The number of carbonyl (C=O) groups excluding carboxylic acids is 1. The van der Waals surface area contributed by atoms with E-state index in [0.717, 1.165) is 10.4 Å². The summed E-state index contributed by atoms with van der Waals surface area (Å²) >= 11 is 0. The normalized spacial score (nSPS) is 11.0. The van der Waals surface area contributed by atoms with E-state index in [9.17, 15) is 23.3 Å². The highest BCUT2D eigenvalue weighted by atomic mass is 32.2. The molecule has 0 atom stereocenters. The summed E-state index contributed by atoms with van der Waals surface area (Å²) in [5.74, 6) is -0.592. The number of nitrogens with zero attached hydrogens (tertiary/aromatic N) is 2. The Labute approximate surface area is 144 Å². The quantitative estimate of drug-likeness (QED) is 0.443. The van der Waals surface area contributed by atoms with Crippen molar-refractivity contribution in [2.45, 2.75) is 11.8 Å². The molecule has 0 heterocycles. The first-order chi connectivity index (χ1) is 11.8. The van der Waals surface area contributed by atoms with Crippen molar-refractivity contribution in [1.29, 1.82) is 0 Å². The smallest absolute Gasteiger partial charge is 0.337 e. The molecule has 0 aromatic heterocycles. The van der Waals surface area contributed by atoms with Gasteiger partial charge in [-0.2, -0.15) is 0 Å². The number of non-ortho nitro benzene ring substituents is 1. The minimum Gasteiger partial charge on any atom is -0.465 e. The third kappa shape index (κ3) is 3.77. The molecule has 25 heavy (non-hydrogen) atoms. The topological polar surface area (TPSA) is 107 Å². The van der Waals surface area contributed by atoms with Crippen molar-refractivity contribution in [1.82, 2.24) is 0 Å². The summed E-state index contributed by atoms with van der Waals surface area (Å²) < 4.78 is 31.5. The number of anilines is 1. The highest BCUT2D eigenvalue weighted by Crippen LogP contribution is 2.26. The van der Waals surface area contributed by atoms with E-state index in [1.54, 1.807) is 6.92 Å². The molecule has 0 unspecified atom stereocenters. The highest BCUT2D eigenvalue weighted by molar-refractivity contribution is 7.92. The lowest BCUT2D eigenvalue weighted by atomic mass is 10.2. The van der Waals surface area contributed by atoms with Crippen molar-refractivity contribution in [3.05, 3.63) is 64.2 Å². The van der Waals surface area contributed by atoms with Crippen molar-refractivity contribution in [3.63, 3.8) is 0 Å². The molecule has 0 N–H and O–H groups in total. The zero-order chi connectivity index (χ0) is 18.6. The summed E-state index contributed by atoms with van der Waals surface area (Å²) in [6.07, 6.45) is 0. The molecular formula is C16H16N2O6S. The van der Waals surface area contributed by atoms with E-state index in [-0.39, 0.29) is 28.4 Å². The van der Waals surface area contributed by atoms with Crippen LogP contribution in [0, 0.1) is 10.1 Å². The molecule has 0 aliphatic heterocycles. The second-order valence-electron chi connectivity index (χ2n) is 4.97. The minimum absolute atomic E-state index is 0.0790. The number of benzene rings is 2.